The summed E-state index contributed by atoms with van der Waals surface area (Å²) in [5, 5.41) is 0. The quantitative estimate of drug-likeness (QED) is 0.865. The summed E-state index contributed by atoms with van der Waals surface area (Å²) in [7, 11) is 1.98. The average molecular weight is 288 g/mol. The fraction of sp³-hybridized carbons (Fsp3) is 0.600. The highest BCUT2D eigenvalue weighted by Gasteiger charge is 2.30. The van der Waals surface area contributed by atoms with Crippen molar-refractivity contribution in [1.29, 1.82) is 0 Å². The molecular weight excluding hydrogens is 265 g/mol. The topological polar surface area (TPSA) is 29.3 Å². The largest absolute Gasteiger partial charge is 0.416 e. The molecule has 1 aromatic carbocycles. The second-order valence-electron chi connectivity index (χ2n) is 5.67. The number of alkyl halides is 3. The van der Waals surface area contributed by atoms with Crippen molar-refractivity contribution in [3.05, 3.63) is 35.4 Å². The van der Waals surface area contributed by atoms with Gasteiger partial charge in [-0.15, -0.1) is 0 Å². The molecule has 1 rings (SSSR count). The van der Waals surface area contributed by atoms with Crippen LogP contribution in [0.2, 0.25) is 0 Å². The normalized spacial score (nSPS) is 14.1. The van der Waals surface area contributed by atoms with E-state index in [9.17, 15) is 13.2 Å². The smallest absolute Gasteiger partial charge is 0.323 e. The van der Waals surface area contributed by atoms with E-state index < -0.39 is 11.7 Å². The Morgan fingerprint density at radius 2 is 1.70 bits per heavy atom. The predicted octanol–water partition coefficient (Wildman–Crippen LogP) is 3.68. The molecule has 114 valence electrons. The fourth-order valence-electron chi connectivity index (χ4n) is 1.93. The first-order chi connectivity index (χ1) is 9.20. The molecule has 0 radical (unpaired) electrons. The van der Waals surface area contributed by atoms with Crippen LogP contribution in [0.4, 0.5) is 13.2 Å². The van der Waals surface area contributed by atoms with Crippen molar-refractivity contribution in [2.45, 2.75) is 32.5 Å². The monoisotopic (exact) mass is 288 g/mol. The Hall–Kier alpha value is -1.07. The molecule has 0 aromatic heterocycles. The molecule has 2 N–H and O–H groups in total. The van der Waals surface area contributed by atoms with E-state index in [1.807, 2.05) is 7.05 Å². The van der Waals surface area contributed by atoms with Crippen molar-refractivity contribution in [3.8, 4) is 0 Å². The van der Waals surface area contributed by atoms with Crippen molar-refractivity contribution in [2.24, 2.45) is 11.7 Å². The van der Waals surface area contributed by atoms with Crippen LogP contribution in [0.25, 0.3) is 0 Å². The van der Waals surface area contributed by atoms with Crippen LogP contribution in [0.15, 0.2) is 24.3 Å². The van der Waals surface area contributed by atoms with Crippen molar-refractivity contribution in [1.82, 2.24) is 4.90 Å². The molecule has 1 atom stereocenters. The average Bonchev–Trinajstić information content (AvgIpc) is 2.35. The summed E-state index contributed by atoms with van der Waals surface area (Å²) in [6.07, 6.45) is -3.22. The molecule has 0 saturated heterocycles. The third-order valence-electron chi connectivity index (χ3n) is 3.26. The molecule has 5 heteroatoms. The van der Waals surface area contributed by atoms with Gasteiger partial charge in [0.2, 0.25) is 0 Å². The van der Waals surface area contributed by atoms with Crippen molar-refractivity contribution in [2.75, 3.05) is 20.1 Å². The fourth-order valence-corrected chi connectivity index (χ4v) is 1.93. The molecule has 1 unspecified atom stereocenters. The van der Waals surface area contributed by atoms with E-state index in [1.165, 1.54) is 12.1 Å². The molecule has 0 saturated carbocycles. The highest BCUT2D eigenvalue weighted by Crippen LogP contribution is 2.29. The maximum atomic E-state index is 12.5. The van der Waals surface area contributed by atoms with Gasteiger partial charge in [-0.1, -0.05) is 26.0 Å². The Bertz CT molecular complexity index is 399. The number of nitrogens with two attached hydrogens (primary N) is 1. The van der Waals surface area contributed by atoms with Gasteiger partial charge in [0.25, 0.3) is 0 Å². The minimum atomic E-state index is -4.29. The van der Waals surface area contributed by atoms with Gasteiger partial charge in [-0.3, -0.25) is 0 Å². The maximum Gasteiger partial charge on any atom is 0.416 e. The van der Waals surface area contributed by atoms with Gasteiger partial charge in [-0.05, 0) is 43.6 Å². The third kappa shape index (κ3) is 5.51. The summed E-state index contributed by atoms with van der Waals surface area (Å²) in [5.74, 6) is 0.625. The Morgan fingerprint density at radius 1 is 1.15 bits per heavy atom. The van der Waals surface area contributed by atoms with Gasteiger partial charge in [-0.25, -0.2) is 0 Å². The summed E-state index contributed by atoms with van der Waals surface area (Å²) in [4.78, 5) is 2.11. The number of halogens is 3. The molecule has 1 aromatic rings. The number of rotatable bonds is 6. The molecule has 0 fully saturated rings. The predicted molar refractivity (Wildman–Crippen MR) is 75.3 cm³/mol. The first-order valence-corrected chi connectivity index (χ1v) is 6.81. The lowest BCUT2D eigenvalue weighted by Gasteiger charge is -2.22. The van der Waals surface area contributed by atoms with Crippen molar-refractivity contribution in [3.63, 3.8) is 0 Å². The summed E-state index contributed by atoms with van der Waals surface area (Å²) in [5.41, 5.74) is 6.13. The van der Waals surface area contributed by atoms with Crippen LogP contribution in [0.5, 0.6) is 0 Å². The molecule has 0 spiro atoms. The maximum absolute atomic E-state index is 12.5. The minimum absolute atomic E-state index is 0.269. The lowest BCUT2D eigenvalue weighted by molar-refractivity contribution is -0.137. The van der Waals surface area contributed by atoms with Crippen molar-refractivity contribution >= 4 is 0 Å². The second-order valence-corrected chi connectivity index (χ2v) is 5.67. The zero-order valence-electron chi connectivity index (χ0n) is 12.2. The Kier molecular flexibility index (Phi) is 6.02. The van der Waals surface area contributed by atoms with Crippen LogP contribution in [0.1, 0.15) is 37.4 Å². The van der Waals surface area contributed by atoms with Crippen LogP contribution < -0.4 is 5.73 Å². The van der Waals surface area contributed by atoms with Gasteiger partial charge in [0.05, 0.1) is 5.56 Å². The van der Waals surface area contributed by atoms with Gasteiger partial charge >= 0.3 is 6.18 Å². The molecular formula is C15H23F3N2. The van der Waals surface area contributed by atoms with E-state index in [2.05, 4.69) is 18.7 Å². The zero-order valence-corrected chi connectivity index (χ0v) is 12.2. The van der Waals surface area contributed by atoms with E-state index in [4.69, 9.17) is 5.73 Å². The number of hydrogen-bond donors (Lipinski definition) is 1. The Morgan fingerprint density at radius 3 is 2.15 bits per heavy atom. The molecule has 20 heavy (non-hydrogen) atoms. The molecule has 2 nitrogen and oxygen atoms in total. The first kappa shape index (κ1) is 17.0. The van der Waals surface area contributed by atoms with Crippen LogP contribution in [-0.4, -0.2) is 25.0 Å². The minimum Gasteiger partial charge on any atom is -0.323 e. The Labute approximate surface area is 118 Å². The molecule has 0 bridgehead atoms. The van der Waals surface area contributed by atoms with Crippen LogP contribution in [-0.2, 0) is 6.18 Å². The molecule has 0 amide bonds. The number of hydrogen-bond acceptors (Lipinski definition) is 2. The lowest BCUT2D eigenvalue weighted by atomic mass is 10.0. The van der Waals surface area contributed by atoms with E-state index in [0.717, 1.165) is 30.7 Å². The van der Waals surface area contributed by atoms with E-state index in [-0.39, 0.29) is 6.04 Å². The van der Waals surface area contributed by atoms with Crippen molar-refractivity contribution < 1.29 is 13.2 Å². The van der Waals surface area contributed by atoms with Crippen LogP contribution >= 0.6 is 0 Å². The highest BCUT2D eigenvalue weighted by molar-refractivity contribution is 5.26. The van der Waals surface area contributed by atoms with Gasteiger partial charge < -0.3 is 10.6 Å². The Balaban J connectivity index is 2.57. The second kappa shape index (κ2) is 7.09. The summed E-state index contributed by atoms with van der Waals surface area (Å²) < 4.78 is 37.4. The summed E-state index contributed by atoms with van der Waals surface area (Å²) in [6, 6.07) is 4.83. The molecule has 0 aliphatic heterocycles. The van der Waals surface area contributed by atoms with Crippen LogP contribution in [0.3, 0.4) is 0 Å². The van der Waals surface area contributed by atoms with E-state index in [0.29, 0.717) is 12.5 Å². The molecule has 0 aliphatic carbocycles. The summed E-state index contributed by atoms with van der Waals surface area (Å²) in [6.45, 7) is 5.89. The number of benzene rings is 1. The van der Waals surface area contributed by atoms with Gasteiger partial charge in [0, 0.05) is 12.6 Å². The van der Waals surface area contributed by atoms with E-state index >= 15 is 0 Å². The first-order valence-electron chi connectivity index (χ1n) is 6.81. The standard InChI is InChI=1S/C15H23F3N2/c1-11(2)8-9-20(3)10-14(19)12-4-6-13(7-5-12)15(16,17)18/h4-7,11,14H,8-10,19H2,1-3H3. The zero-order chi connectivity index (χ0) is 15.3. The highest BCUT2D eigenvalue weighted by atomic mass is 19.4. The van der Waals surface area contributed by atoms with E-state index in [1.54, 1.807) is 0 Å². The SMILES string of the molecule is CC(C)CCN(C)CC(N)c1ccc(C(F)(F)F)cc1. The van der Waals surface area contributed by atoms with Gasteiger partial charge in [0.15, 0.2) is 0 Å². The summed E-state index contributed by atoms with van der Waals surface area (Å²) >= 11 is 0. The van der Waals surface area contributed by atoms with Gasteiger partial charge in [-0.2, -0.15) is 13.2 Å². The van der Waals surface area contributed by atoms with Gasteiger partial charge in [0.1, 0.15) is 0 Å². The molecule has 0 aliphatic rings. The van der Waals surface area contributed by atoms with Crippen LogP contribution in [0, 0.1) is 5.92 Å². The third-order valence-corrected chi connectivity index (χ3v) is 3.26. The number of likely N-dealkylation sites (N-methyl/N-ethyl adjacent to an activating group) is 1. The number of nitrogens with zero attached hydrogens (tertiary/aromatic N) is 1. The lowest BCUT2D eigenvalue weighted by Crippen LogP contribution is -2.30. The molecule has 0 heterocycles.